The highest BCUT2D eigenvalue weighted by atomic mass is 35.5. The molecular formula is C15H13ClO2. The summed E-state index contributed by atoms with van der Waals surface area (Å²) in [6.07, 6.45) is 0. The van der Waals surface area contributed by atoms with E-state index in [0.29, 0.717) is 16.3 Å². The highest BCUT2D eigenvalue weighted by Crippen LogP contribution is 2.14. The fourth-order valence-electron chi connectivity index (χ4n) is 1.60. The molecule has 0 unspecified atom stereocenters. The standard InChI is InChI=1S/C15H13ClO2/c1-11-4-2-7-14(8-11)18-10-15(17)12-5-3-6-13(16)9-12/h2-9H,10H2,1H3. The first-order valence-corrected chi connectivity index (χ1v) is 6.01. The van der Waals surface area contributed by atoms with Crippen LogP contribution in [0.5, 0.6) is 5.75 Å². The average molecular weight is 261 g/mol. The molecule has 0 spiro atoms. The van der Waals surface area contributed by atoms with Gasteiger partial charge < -0.3 is 4.74 Å². The second-order valence-electron chi connectivity index (χ2n) is 4.04. The maximum atomic E-state index is 11.9. The largest absolute Gasteiger partial charge is 0.485 e. The lowest BCUT2D eigenvalue weighted by molar-refractivity contribution is 0.0921. The number of benzene rings is 2. The van der Waals surface area contributed by atoms with Crippen molar-refractivity contribution in [1.29, 1.82) is 0 Å². The van der Waals surface area contributed by atoms with Crippen LogP contribution >= 0.6 is 11.6 Å². The molecule has 0 N–H and O–H groups in total. The minimum Gasteiger partial charge on any atom is -0.485 e. The highest BCUT2D eigenvalue weighted by Gasteiger charge is 2.07. The molecule has 92 valence electrons. The first kappa shape index (κ1) is 12.7. The van der Waals surface area contributed by atoms with Crippen LogP contribution in [-0.4, -0.2) is 12.4 Å². The van der Waals surface area contributed by atoms with E-state index in [1.165, 1.54) is 0 Å². The molecule has 0 aliphatic carbocycles. The van der Waals surface area contributed by atoms with E-state index < -0.39 is 0 Å². The Morgan fingerprint density at radius 1 is 1.17 bits per heavy atom. The molecule has 0 saturated carbocycles. The number of ether oxygens (including phenoxy) is 1. The van der Waals surface area contributed by atoms with Crippen LogP contribution in [0.25, 0.3) is 0 Å². The van der Waals surface area contributed by atoms with Gasteiger partial charge in [-0.1, -0.05) is 35.9 Å². The molecule has 0 amide bonds. The molecule has 0 aliphatic rings. The second-order valence-corrected chi connectivity index (χ2v) is 4.48. The molecule has 2 aromatic carbocycles. The number of Topliss-reactive ketones (excluding diaryl/α,β-unsaturated/α-hetero) is 1. The summed E-state index contributed by atoms with van der Waals surface area (Å²) < 4.78 is 5.45. The van der Waals surface area contributed by atoms with Crippen molar-refractivity contribution in [2.24, 2.45) is 0 Å². The van der Waals surface area contributed by atoms with E-state index in [1.807, 2.05) is 31.2 Å². The van der Waals surface area contributed by atoms with Gasteiger partial charge in [0.2, 0.25) is 0 Å². The summed E-state index contributed by atoms with van der Waals surface area (Å²) in [7, 11) is 0. The second kappa shape index (κ2) is 5.69. The van der Waals surface area contributed by atoms with E-state index in [0.717, 1.165) is 5.56 Å². The first-order chi connectivity index (χ1) is 8.65. The third-order valence-corrected chi connectivity index (χ3v) is 2.74. The van der Waals surface area contributed by atoms with Crippen LogP contribution in [0, 0.1) is 6.92 Å². The zero-order valence-electron chi connectivity index (χ0n) is 10.0. The third kappa shape index (κ3) is 3.34. The Bertz CT molecular complexity index is 564. The van der Waals surface area contributed by atoms with Crippen molar-refractivity contribution < 1.29 is 9.53 Å². The van der Waals surface area contributed by atoms with Gasteiger partial charge in [0.15, 0.2) is 12.4 Å². The van der Waals surface area contributed by atoms with Gasteiger partial charge in [-0.05, 0) is 36.8 Å². The van der Waals surface area contributed by atoms with Gasteiger partial charge in [0.05, 0.1) is 0 Å². The van der Waals surface area contributed by atoms with Crippen LogP contribution < -0.4 is 4.74 Å². The molecule has 2 nitrogen and oxygen atoms in total. The minimum atomic E-state index is -0.0843. The summed E-state index contributed by atoms with van der Waals surface area (Å²) in [5.74, 6) is 0.615. The van der Waals surface area contributed by atoms with Gasteiger partial charge in [-0.15, -0.1) is 0 Å². The Balaban J connectivity index is 2.00. The predicted octanol–water partition coefficient (Wildman–Crippen LogP) is 3.91. The number of aryl methyl sites for hydroxylation is 1. The van der Waals surface area contributed by atoms with Crippen molar-refractivity contribution in [2.75, 3.05) is 6.61 Å². The van der Waals surface area contributed by atoms with Crippen LogP contribution in [0.3, 0.4) is 0 Å². The molecule has 0 aromatic heterocycles. The Kier molecular flexibility index (Phi) is 4.00. The smallest absolute Gasteiger partial charge is 0.200 e. The SMILES string of the molecule is Cc1cccc(OCC(=O)c2cccc(Cl)c2)c1. The molecule has 0 atom stereocenters. The van der Waals surface area contributed by atoms with Crippen molar-refractivity contribution in [3.63, 3.8) is 0 Å². The van der Waals surface area contributed by atoms with Crippen molar-refractivity contribution in [2.45, 2.75) is 6.92 Å². The predicted molar refractivity (Wildman–Crippen MR) is 72.5 cm³/mol. The molecule has 0 aliphatic heterocycles. The van der Waals surface area contributed by atoms with E-state index in [-0.39, 0.29) is 12.4 Å². The monoisotopic (exact) mass is 260 g/mol. The van der Waals surface area contributed by atoms with Gasteiger partial charge in [-0.2, -0.15) is 0 Å². The summed E-state index contributed by atoms with van der Waals surface area (Å²) in [4.78, 5) is 11.9. The molecular weight excluding hydrogens is 248 g/mol. The quantitative estimate of drug-likeness (QED) is 0.779. The fourth-order valence-corrected chi connectivity index (χ4v) is 1.79. The number of hydrogen-bond acceptors (Lipinski definition) is 2. The maximum Gasteiger partial charge on any atom is 0.200 e. The molecule has 0 saturated heterocycles. The zero-order chi connectivity index (χ0) is 13.0. The molecule has 0 bridgehead atoms. The number of hydrogen-bond donors (Lipinski definition) is 0. The normalized spacial score (nSPS) is 10.1. The number of carbonyl (C=O) groups is 1. The number of ketones is 1. The van der Waals surface area contributed by atoms with Crippen LogP contribution in [-0.2, 0) is 0 Å². The summed E-state index contributed by atoms with van der Waals surface area (Å²) in [6.45, 7) is 2.00. The van der Waals surface area contributed by atoms with E-state index in [9.17, 15) is 4.79 Å². The van der Waals surface area contributed by atoms with E-state index in [1.54, 1.807) is 24.3 Å². The van der Waals surface area contributed by atoms with Gasteiger partial charge in [-0.3, -0.25) is 4.79 Å². The van der Waals surface area contributed by atoms with Crippen LogP contribution in [0.1, 0.15) is 15.9 Å². The van der Waals surface area contributed by atoms with Gasteiger partial charge in [-0.25, -0.2) is 0 Å². The van der Waals surface area contributed by atoms with Gasteiger partial charge in [0, 0.05) is 10.6 Å². The van der Waals surface area contributed by atoms with Crippen molar-refractivity contribution in [3.8, 4) is 5.75 Å². The van der Waals surface area contributed by atoms with Crippen LogP contribution in [0.2, 0.25) is 5.02 Å². The van der Waals surface area contributed by atoms with E-state index in [2.05, 4.69) is 0 Å². The number of carbonyl (C=O) groups excluding carboxylic acids is 1. The van der Waals surface area contributed by atoms with Gasteiger partial charge in [0.1, 0.15) is 5.75 Å². The lowest BCUT2D eigenvalue weighted by atomic mass is 10.1. The number of rotatable bonds is 4. The van der Waals surface area contributed by atoms with Crippen LogP contribution in [0.4, 0.5) is 0 Å². The average Bonchev–Trinajstić information content (AvgIpc) is 2.36. The van der Waals surface area contributed by atoms with Crippen molar-refractivity contribution >= 4 is 17.4 Å². The molecule has 0 heterocycles. The fraction of sp³-hybridized carbons (Fsp3) is 0.133. The highest BCUT2D eigenvalue weighted by molar-refractivity contribution is 6.31. The van der Waals surface area contributed by atoms with Crippen molar-refractivity contribution in [3.05, 3.63) is 64.7 Å². The van der Waals surface area contributed by atoms with E-state index in [4.69, 9.17) is 16.3 Å². The molecule has 2 aromatic rings. The maximum absolute atomic E-state index is 11.9. The molecule has 0 radical (unpaired) electrons. The zero-order valence-corrected chi connectivity index (χ0v) is 10.8. The summed E-state index contributed by atoms with van der Waals surface area (Å²) in [5.41, 5.74) is 1.66. The summed E-state index contributed by atoms with van der Waals surface area (Å²) in [6, 6.07) is 14.5. The molecule has 3 heteroatoms. The Labute approximate surface area is 111 Å². The molecule has 18 heavy (non-hydrogen) atoms. The number of halogens is 1. The molecule has 0 fully saturated rings. The minimum absolute atomic E-state index is 0.0177. The molecule has 2 rings (SSSR count). The Morgan fingerprint density at radius 2 is 1.94 bits per heavy atom. The lowest BCUT2D eigenvalue weighted by Crippen LogP contribution is -2.11. The Morgan fingerprint density at radius 3 is 2.67 bits per heavy atom. The first-order valence-electron chi connectivity index (χ1n) is 5.63. The van der Waals surface area contributed by atoms with E-state index >= 15 is 0 Å². The van der Waals surface area contributed by atoms with Crippen LogP contribution in [0.15, 0.2) is 48.5 Å². The Hall–Kier alpha value is -1.80. The van der Waals surface area contributed by atoms with Gasteiger partial charge >= 0.3 is 0 Å². The van der Waals surface area contributed by atoms with Crippen molar-refractivity contribution in [1.82, 2.24) is 0 Å². The summed E-state index contributed by atoms with van der Waals surface area (Å²) >= 11 is 5.83. The topological polar surface area (TPSA) is 26.3 Å². The lowest BCUT2D eigenvalue weighted by Gasteiger charge is -2.06. The summed E-state index contributed by atoms with van der Waals surface area (Å²) in [5, 5.41) is 0.552. The third-order valence-electron chi connectivity index (χ3n) is 2.51. The van der Waals surface area contributed by atoms with Gasteiger partial charge in [0.25, 0.3) is 0 Å².